The number of carbonyl (C=O) groups excluding carboxylic acids is 1. The second-order valence-electron chi connectivity index (χ2n) is 6.02. The lowest BCUT2D eigenvalue weighted by molar-refractivity contribution is 0.0951. The predicted molar refractivity (Wildman–Crippen MR) is 104 cm³/mol. The topological polar surface area (TPSA) is 82.2 Å². The number of carbonyl (C=O) groups is 1. The maximum atomic E-state index is 14.4. The van der Waals surface area contributed by atoms with Crippen LogP contribution >= 0.6 is 11.6 Å². The monoisotopic (exact) mass is 401 g/mol. The number of aliphatic imine (C=N–C) groups is 1. The highest BCUT2D eigenvalue weighted by Crippen LogP contribution is 2.38. The van der Waals surface area contributed by atoms with Crippen LogP contribution < -0.4 is 10.6 Å². The van der Waals surface area contributed by atoms with E-state index in [0.29, 0.717) is 28.2 Å². The number of benzene rings is 2. The highest BCUT2D eigenvalue weighted by molar-refractivity contribution is 6.35. The SMILES string of the molecule is O=C(NCCF)c1ccc2c(c1)-c1[nH]ncc1NC(c1c(F)cccc1Cl)=N2. The van der Waals surface area contributed by atoms with Gasteiger partial charge in [0.25, 0.3) is 5.91 Å². The van der Waals surface area contributed by atoms with E-state index in [1.54, 1.807) is 24.3 Å². The zero-order valence-electron chi connectivity index (χ0n) is 14.4. The lowest BCUT2D eigenvalue weighted by Gasteiger charge is -2.10. The quantitative estimate of drug-likeness (QED) is 0.616. The number of amides is 1. The number of nitrogens with one attached hydrogen (secondary N) is 3. The van der Waals surface area contributed by atoms with E-state index < -0.39 is 18.4 Å². The van der Waals surface area contributed by atoms with E-state index in [4.69, 9.17) is 11.6 Å². The van der Waals surface area contributed by atoms with E-state index in [1.165, 1.54) is 18.3 Å². The van der Waals surface area contributed by atoms with Crippen LogP contribution in [0.5, 0.6) is 0 Å². The van der Waals surface area contributed by atoms with Crippen molar-refractivity contribution in [3.63, 3.8) is 0 Å². The van der Waals surface area contributed by atoms with Crippen molar-refractivity contribution in [2.75, 3.05) is 18.5 Å². The van der Waals surface area contributed by atoms with E-state index in [0.717, 1.165) is 0 Å². The Hall–Kier alpha value is -3.26. The lowest BCUT2D eigenvalue weighted by Crippen LogP contribution is -2.25. The molecular weight excluding hydrogens is 388 g/mol. The van der Waals surface area contributed by atoms with Gasteiger partial charge in [-0.25, -0.2) is 13.8 Å². The normalized spacial score (nSPS) is 12.3. The molecule has 3 aromatic rings. The maximum Gasteiger partial charge on any atom is 0.251 e. The Morgan fingerprint density at radius 1 is 1.25 bits per heavy atom. The Balaban J connectivity index is 1.85. The van der Waals surface area contributed by atoms with Crippen LogP contribution in [0.4, 0.5) is 20.2 Å². The molecule has 0 bridgehead atoms. The van der Waals surface area contributed by atoms with Crippen molar-refractivity contribution in [1.29, 1.82) is 0 Å². The Morgan fingerprint density at radius 3 is 2.89 bits per heavy atom. The van der Waals surface area contributed by atoms with Crippen LogP contribution in [-0.4, -0.2) is 35.2 Å². The summed E-state index contributed by atoms with van der Waals surface area (Å²) in [5.74, 6) is -0.700. The number of amidine groups is 1. The molecule has 6 nitrogen and oxygen atoms in total. The van der Waals surface area contributed by atoms with Gasteiger partial charge in [-0.1, -0.05) is 17.7 Å². The molecule has 0 atom stereocenters. The molecule has 0 aliphatic carbocycles. The van der Waals surface area contributed by atoms with E-state index >= 15 is 0 Å². The van der Waals surface area contributed by atoms with Crippen molar-refractivity contribution >= 4 is 34.7 Å². The second kappa shape index (κ2) is 7.40. The van der Waals surface area contributed by atoms with Crippen LogP contribution in [0.3, 0.4) is 0 Å². The van der Waals surface area contributed by atoms with Crippen LogP contribution in [0.2, 0.25) is 5.02 Å². The van der Waals surface area contributed by atoms with E-state index in [-0.39, 0.29) is 23.0 Å². The summed E-state index contributed by atoms with van der Waals surface area (Å²) < 4.78 is 26.7. The summed E-state index contributed by atoms with van der Waals surface area (Å²) in [5, 5.41) is 12.6. The van der Waals surface area contributed by atoms with Gasteiger partial charge in [0.1, 0.15) is 18.3 Å². The summed E-state index contributed by atoms with van der Waals surface area (Å²) in [6, 6.07) is 9.20. The van der Waals surface area contributed by atoms with Crippen molar-refractivity contribution in [2.45, 2.75) is 0 Å². The molecule has 0 spiro atoms. The number of rotatable bonds is 4. The molecule has 4 rings (SSSR count). The average molecular weight is 402 g/mol. The number of hydrogen-bond acceptors (Lipinski definition) is 4. The first-order chi connectivity index (χ1) is 13.6. The maximum absolute atomic E-state index is 14.4. The Morgan fingerprint density at radius 2 is 2.11 bits per heavy atom. The third-order valence-corrected chi connectivity index (χ3v) is 4.55. The van der Waals surface area contributed by atoms with Crippen LogP contribution in [0.1, 0.15) is 15.9 Å². The first-order valence-electron chi connectivity index (χ1n) is 8.40. The lowest BCUT2D eigenvalue weighted by atomic mass is 10.0. The van der Waals surface area contributed by atoms with Crippen molar-refractivity contribution < 1.29 is 13.6 Å². The predicted octanol–water partition coefficient (Wildman–Crippen LogP) is 4.07. The van der Waals surface area contributed by atoms with Gasteiger partial charge in [0.05, 0.1) is 33.9 Å². The number of fused-ring (bicyclic) bond motifs is 3. The van der Waals surface area contributed by atoms with Gasteiger partial charge in [-0.2, -0.15) is 5.10 Å². The number of aromatic nitrogens is 2. The van der Waals surface area contributed by atoms with Gasteiger partial charge in [0.2, 0.25) is 0 Å². The van der Waals surface area contributed by atoms with Gasteiger partial charge in [-0.3, -0.25) is 9.89 Å². The van der Waals surface area contributed by atoms with Crippen LogP contribution in [0.15, 0.2) is 47.6 Å². The standard InChI is InChI=1S/C19H14ClF2N5O/c20-12-2-1-3-13(22)16(12)18-25-14-5-4-10(19(28)23-7-6-21)8-11(14)17-15(26-18)9-24-27-17/h1-5,8-9H,6-7H2,(H,23,28)(H,24,27)(H,25,26). The average Bonchev–Trinajstić information content (AvgIpc) is 3.08. The molecule has 2 heterocycles. The minimum absolute atomic E-state index is 0.0686. The Kier molecular flexibility index (Phi) is 4.79. The van der Waals surface area contributed by atoms with Crippen molar-refractivity contribution in [3.05, 3.63) is 64.6 Å². The Labute approximate surface area is 163 Å². The smallest absolute Gasteiger partial charge is 0.251 e. The molecule has 1 aromatic heterocycles. The number of halogens is 3. The minimum Gasteiger partial charge on any atom is -0.349 e. The van der Waals surface area contributed by atoms with Crippen molar-refractivity contribution in [2.24, 2.45) is 4.99 Å². The molecule has 9 heteroatoms. The Bertz CT molecular complexity index is 1080. The molecule has 0 fully saturated rings. The molecule has 142 valence electrons. The highest BCUT2D eigenvalue weighted by atomic mass is 35.5. The van der Waals surface area contributed by atoms with E-state index in [9.17, 15) is 13.6 Å². The number of H-pyrrole nitrogens is 1. The number of alkyl halides is 1. The molecule has 3 N–H and O–H groups in total. The number of aromatic amines is 1. The summed E-state index contributed by atoms with van der Waals surface area (Å²) >= 11 is 6.19. The van der Waals surface area contributed by atoms with Gasteiger partial charge in [0.15, 0.2) is 0 Å². The minimum atomic E-state index is -0.650. The molecule has 1 amide bonds. The number of nitrogens with zero attached hydrogens (tertiary/aromatic N) is 2. The fraction of sp³-hybridized carbons (Fsp3) is 0.105. The number of anilines is 1. The molecule has 0 saturated carbocycles. The molecule has 1 aliphatic heterocycles. The van der Waals surface area contributed by atoms with Crippen LogP contribution in [0, 0.1) is 5.82 Å². The van der Waals surface area contributed by atoms with Crippen molar-refractivity contribution in [3.8, 4) is 11.3 Å². The third-order valence-electron chi connectivity index (χ3n) is 4.23. The number of hydrogen-bond donors (Lipinski definition) is 3. The summed E-state index contributed by atoms with van der Waals surface area (Å²) in [6.07, 6.45) is 1.53. The van der Waals surface area contributed by atoms with Gasteiger partial charge in [-0.05, 0) is 30.3 Å². The largest absolute Gasteiger partial charge is 0.349 e. The molecule has 0 saturated heterocycles. The molecule has 28 heavy (non-hydrogen) atoms. The van der Waals surface area contributed by atoms with E-state index in [2.05, 4.69) is 25.8 Å². The van der Waals surface area contributed by atoms with Gasteiger partial charge in [-0.15, -0.1) is 0 Å². The summed E-state index contributed by atoms with van der Waals surface area (Å²) in [6.45, 7) is -0.719. The summed E-state index contributed by atoms with van der Waals surface area (Å²) in [4.78, 5) is 16.7. The van der Waals surface area contributed by atoms with Crippen molar-refractivity contribution in [1.82, 2.24) is 15.5 Å². The van der Waals surface area contributed by atoms with Gasteiger partial charge < -0.3 is 10.6 Å². The fourth-order valence-corrected chi connectivity index (χ4v) is 3.20. The van der Waals surface area contributed by atoms with E-state index in [1.807, 2.05) is 0 Å². The van der Waals surface area contributed by atoms with Crippen LogP contribution in [-0.2, 0) is 0 Å². The highest BCUT2D eigenvalue weighted by Gasteiger charge is 2.23. The summed E-state index contributed by atoms with van der Waals surface area (Å²) in [5.41, 5.74) is 2.70. The second-order valence-corrected chi connectivity index (χ2v) is 6.42. The molecule has 0 radical (unpaired) electrons. The first-order valence-corrected chi connectivity index (χ1v) is 8.78. The zero-order chi connectivity index (χ0) is 19.7. The molecular formula is C19H14ClF2N5O. The molecule has 2 aromatic carbocycles. The zero-order valence-corrected chi connectivity index (χ0v) is 15.1. The van der Waals surface area contributed by atoms with Gasteiger partial charge >= 0.3 is 0 Å². The van der Waals surface area contributed by atoms with Gasteiger partial charge in [0, 0.05) is 17.7 Å². The summed E-state index contributed by atoms with van der Waals surface area (Å²) in [7, 11) is 0. The molecule has 1 aliphatic rings. The van der Waals surface area contributed by atoms with Crippen LogP contribution in [0.25, 0.3) is 11.3 Å². The fourth-order valence-electron chi connectivity index (χ4n) is 2.94. The first kappa shape index (κ1) is 18.1. The molecule has 0 unspecified atom stereocenters. The third kappa shape index (κ3) is 3.22.